The summed E-state index contributed by atoms with van der Waals surface area (Å²) in [4.78, 5) is 18.0. The van der Waals surface area contributed by atoms with E-state index in [1.54, 1.807) is 0 Å². The first-order chi connectivity index (χ1) is 15.2. The summed E-state index contributed by atoms with van der Waals surface area (Å²) < 4.78 is 11.4. The van der Waals surface area contributed by atoms with Crippen molar-refractivity contribution in [2.24, 2.45) is 10.9 Å². The van der Waals surface area contributed by atoms with Crippen LogP contribution in [0.4, 0.5) is 0 Å². The Hall–Kier alpha value is -3.24. The molecule has 0 saturated heterocycles. The fourth-order valence-electron chi connectivity index (χ4n) is 3.78. The summed E-state index contributed by atoms with van der Waals surface area (Å²) in [6.07, 6.45) is 0.629. The zero-order valence-corrected chi connectivity index (χ0v) is 17.7. The molecule has 0 spiro atoms. The molecule has 158 valence electrons. The SMILES string of the molecule is CCOC(=O)C1(N=C(c2ccccc2)c2ccccc2)CC1COCc1ccccc1. The predicted octanol–water partition coefficient (Wildman–Crippen LogP) is 5.06. The molecule has 0 radical (unpaired) electrons. The molecule has 4 heteroatoms. The molecular weight excluding hydrogens is 386 g/mol. The molecule has 1 saturated carbocycles. The number of hydrogen-bond donors (Lipinski definition) is 0. The molecule has 2 atom stereocenters. The minimum Gasteiger partial charge on any atom is -0.464 e. The quantitative estimate of drug-likeness (QED) is 0.364. The van der Waals surface area contributed by atoms with Gasteiger partial charge in [-0.25, -0.2) is 4.79 Å². The van der Waals surface area contributed by atoms with Gasteiger partial charge >= 0.3 is 5.97 Å². The van der Waals surface area contributed by atoms with E-state index < -0.39 is 5.54 Å². The maximum atomic E-state index is 13.0. The molecule has 0 bridgehead atoms. The Labute approximate surface area is 183 Å². The zero-order valence-electron chi connectivity index (χ0n) is 17.7. The Morgan fingerprint density at radius 1 is 0.903 bits per heavy atom. The molecular formula is C27H27NO3. The molecule has 1 aliphatic rings. The summed E-state index contributed by atoms with van der Waals surface area (Å²) in [5.41, 5.74) is 2.98. The van der Waals surface area contributed by atoms with Gasteiger partial charge in [0.25, 0.3) is 0 Å². The van der Waals surface area contributed by atoms with Crippen LogP contribution in [0.15, 0.2) is 96.0 Å². The smallest absolute Gasteiger partial charge is 0.334 e. The molecule has 0 aromatic heterocycles. The van der Waals surface area contributed by atoms with Crippen LogP contribution in [0, 0.1) is 5.92 Å². The van der Waals surface area contributed by atoms with Gasteiger partial charge in [-0.2, -0.15) is 0 Å². The van der Waals surface area contributed by atoms with E-state index in [4.69, 9.17) is 14.5 Å². The lowest BCUT2D eigenvalue weighted by Gasteiger charge is -2.16. The summed E-state index contributed by atoms with van der Waals surface area (Å²) in [5, 5.41) is 0. The Morgan fingerprint density at radius 2 is 1.45 bits per heavy atom. The molecule has 3 aromatic carbocycles. The van der Waals surface area contributed by atoms with Gasteiger partial charge in [-0.15, -0.1) is 0 Å². The van der Waals surface area contributed by atoms with E-state index in [0.29, 0.717) is 26.2 Å². The van der Waals surface area contributed by atoms with Crippen LogP contribution in [0.25, 0.3) is 0 Å². The van der Waals surface area contributed by atoms with Gasteiger partial charge in [0.05, 0.1) is 25.5 Å². The van der Waals surface area contributed by atoms with Gasteiger partial charge in [0.2, 0.25) is 0 Å². The van der Waals surface area contributed by atoms with Crippen molar-refractivity contribution in [3.05, 3.63) is 108 Å². The maximum absolute atomic E-state index is 13.0. The third-order valence-electron chi connectivity index (χ3n) is 5.54. The molecule has 4 nitrogen and oxygen atoms in total. The minimum absolute atomic E-state index is 0.00214. The van der Waals surface area contributed by atoms with E-state index in [9.17, 15) is 4.79 Å². The van der Waals surface area contributed by atoms with Gasteiger partial charge in [0.1, 0.15) is 0 Å². The first-order valence-electron chi connectivity index (χ1n) is 10.7. The van der Waals surface area contributed by atoms with Crippen molar-refractivity contribution in [2.45, 2.75) is 25.5 Å². The average molecular weight is 414 g/mol. The number of benzene rings is 3. The van der Waals surface area contributed by atoms with Crippen LogP contribution >= 0.6 is 0 Å². The van der Waals surface area contributed by atoms with Crippen LogP contribution in [-0.4, -0.2) is 30.4 Å². The van der Waals surface area contributed by atoms with Crippen LogP contribution in [-0.2, 0) is 20.9 Å². The number of ether oxygens (including phenoxy) is 2. The highest BCUT2D eigenvalue weighted by Gasteiger charge is 2.62. The first-order valence-corrected chi connectivity index (χ1v) is 10.7. The van der Waals surface area contributed by atoms with Gasteiger partial charge in [-0.05, 0) is 18.9 Å². The second kappa shape index (κ2) is 9.71. The second-order valence-electron chi connectivity index (χ2n) is 7.74. The maximum Gasteiger partial charge on any atom is 0.334 e. The summed E-state index contributed by atoms with van der Waals surface area (Å²) in [6.45, 7) is 3.14. The van der Waals surface area contributed by atoms with Crippen LogP contribution in [0.1, 0.15) is 30.0 Å². The van der Waals surface area contributed by atoms with Gasteiger partial charge in [-0.1, -0.05) is 91.0 Å². The summed E-state index contributed by atoms with van der Waals surface area (Å²) in [5.74, 6) is -0.273. The standard InChI is InChI=1S/C27H27NO3/c1-2-31-26(29)27(18-24(27)20-30-19-21-12-6-3-7-13-21)28-25(22-14-8-4-9-15-22)23-16-10-5-11-17-23/h3-17,24H,2,18-20H2,1H3. The second-order valence-corrected chi connectivity index (χ2v) is 7.74. The number of rotatable bonds is 9. The van der Waals surface area contributed by atoms with Gasteiger partial charge in [0, 0.05) is 17.0 Å². The molecule has 31 heavy (non-hydrogen) atoms. The van der Waals surface area contributed by atoms with Crippen LogP contribution < -0.4 is 0 Å². The highest BCUT2D eigenvalue weighted by atomic mass is 16.5. The third kappa shape index (κ3) is 4.92. The summed E-state index contributed by atoms with van der Waals surface area (Å²) in [6, 6.07) is 30.0. The Morgan fingerprint density at radius 3 is 2.00 bits per heavy atom. The van der Waals surface area contributed by atoms with E-state index in [1.165, 1.54) is 0 Å². The zero-order chi connectivity index (χ0) is 21.5. The Kier molecular flexibility index (Phi) is 6.58. The van der Waals surface area contributed by atoms with Crippen molar-refractivity contribution in [2.75, 3.05) is 13.2 Å². The largest absolute Gasteiger partial charge is 0.464 e. The normalized spacial score (nSPS) is 19.5. The lowest BCUT2D eigenvalue weighted by atomic mass is 10.0. The molecule has 0 heterocycles. The Bertz CT molecular complexity index is 977. The molecule has 4 rings (SSSR count). The highest BCUT2D eigenvalue weighted by Crippen LogP contribution is 2.49. The Balaban J connectivity index is 1.60. The number of carbonyl (C=O) groups excluding carboxylic acids is 1. The number of nitrogens with zero attached hydrogens (tertiary/aromatic N) is 1. The molecule has 0 amide bonds. The van der Waals surface area contributed by atoms with E-state index in [2.05, 4.69) is 0 Å². The first kappa shape index (κ1) is 21.0. The fraction of sp³-hybridized carbons (Fsp3) is 0.259. The van der Waals surface area contributed by atoms with Crippen molar-refractivity contribution >= 4 is 11.7 Å². The van der Waals surface area contributed by atoms with E-state index in [-0.39, 0.29) is 11.9 Å². The fourth-order valence-corrected chi connectivity index (χ4v) is 3.78. The third-order valence-corrected chi connectivity index (χ3v) is 5.54. The molecule has 1 fully saturated rings. The van der Waals surface area contributed by atoms with Gasteiger partial charge in [0.15, 0.2) is 5.54 Å². The summed E-state index contributed by atoms with van der Waals surface area (Å²) in [7, 11) is 0. The van der Waals surface area contributed by atoms with Crippen molar-refractivity contribution in [1.82, 2.24) is 0 Å². The molecule has 0 aliphatic heterocycles. The number of aliphatic imine (C=N–C) groups is 1. The van der Waals surface area contributed by atoms with E-state index in [1.807, 2.05) is 97.9 Å². The molecule has 3 aromatic rings. The van der Waals surface area contributed by atoms with Gasteiger partial charge < -0.3 is 9.47 Å². The molecule has 1 aliphatic carbocycles. The predicted molar refractivity (Wildman–Crippen MR) is 122 cm³/mol. The van der Waals surface area contributed by atoms with Gasteiger partial charge in [-0.3, -0.25) is 4.99 Å². The average Bonchev–Trinajstić information content (AvgIpc) is 3.53. The number of hydrogen-bond acceptors (Lipinski definition) is 4. The van der Waals surface area contributed by atoms with Crippen LogP contribution in [0.5, 0.6) is 0 Å². The lowest BCUT2D eigenvalue weighted by Crippen LogP contribution is -2.29. The van der Waals surface area contributed by atoms with Crippen molar-refractivity contribution in [1.29, 1.82) is 0 Å². The number of carbonyl (C=O) groups is 1. The van der Waals surface area contributed by atoms with E-state index >= 15 is 0 Å². The van der Waals surface area contributed by atoms with E-state index in [0.717, 1.165) is 22.4 Å². The monoisotopic (exact) mass is 413 g/mol. The lowest BCUT2D eigenvalue weighted by molar-refractivity contribution is -0.146. The van der Waals surface area contributed by atoms with Crippen LogP contribution in [0.2, 0.25) is 0 Å². The highest BCUT2D eigenvalue weighted by molar-refractivity contribution is 6.14. The van der Waals surface area contributed by atoms with Crippen LogP contribution in [0.3, 0.4) is 0 Å². The minimum atomic E-state index is -0.895. The van der Waals surface area contributed by atoms with Crippen molar-refractivity contribution in [3.63, 3.8) is 0 Å². The van der Waals surface area contributed by atoms with Crippen molar-refractivity contribution in [3.8, 4) is 0 Å². The molecule has 2 unspecified atom stereocenters. The number of esters is 1. The summed E-state index contributed by atoms with van der Waals surface area (Å²) >= 11 is 0. The topological polar surface area (TPSA) is 47.9 Å². The van der Waals surface area contributed by atoms with Crippen molar-refractivity contribution < 1.29 is 14.3 Å². The molecule has 0 N–H and O–H groups in total.